The van der Waals surface area contributed by atoms with Crippen LogP contribution in [0.5, 0.6) is 0 Å². The molecule has 0 saturated carbocycles. The second kappa shape index (κ2) is 8.60. The summed E-state index contributed by atoms with van der Waals surface area (Å²) in [5.41, 5.74) is 4.94. The van der Waals surface area contributed by atoms with Gasteiger partial charge in [-0.25, -0.2) is 0 Å². The van der Waals surface area contributed by atoms with Crippen LogP contribution in [-0.4, -0.2) is 53.6 Å². The molecule has 3 aliphatic rings. The fourth-order valence-electron chi connectivity index (χ4n) is 5.67. The molecule has 1 amide bonds. The third-order valence-electron chi connectivity index (χ3n) is 7.13. The summed E-state index contributed by atoms with van der Waals surface area (Å²) in [5, 5.41) is 0. The maximum atomic E-state index is 13.4. The van der Waals surface area contributed by atoms with Gasteiger partial charge in [-0.2, -0.15) is 0 Å². The highest BCUT2D eigenvalue weighted by Gasteiger charge is 2.36. The average Bonchev–Trinajstić information content (AvgIpc) is 2.98. The highest BCUT2D eigenvalue weighted by molar-refractivity contribution is 5.77. The van der Waals surface area contributed by atoms with Gasteiger partial charge in [-0.1, -0.05) is 30.3 Å². The van der Waals surface area contributed by atoms with Crippen molar-refractivity contribution in [3.63, 3.8) is 0 Å². The van der Waals surface area contributed by atoms with E-state index >= 15 is 0 Å². The van der Waals surface area contributed by atoms with E-state index in [1.54, 1.807) is 7.11 Å². The number of hydrogen-bond acceptors (Lipinski definition) is 4. The number of methoxy groups -OCH3 is 1. The number of amides is 1. The largest absolute Gasteiger partial charge is 0.375 e. The van der Waals surface area contributed by atoms with Crippen LogP contribution >= 0.6 is 0 Å². The van der Waals surface area contributed by atoms with E-state index in [4.69, 9.17) is 4.74 Å². The van der Waals surface area contributed by atoms with Crippen molar-refractivity contribution in [1.82, 2.24) is 14.4 Å². The predicted octanol–water partition coefficient (Wildman–Crippen LogP) is 2.39. The summed E-state index contributed by atoms with van der Waals surface area (Å²) < 4.78 is 7.03. The van der Waals surface area contributed by atoms with Gasteiger partial charge in [0.15, 0.2) is 0 Å². The van der Waals surface area contributed by atoms with Crippen molar-refractivity contribution in [2.24, 2.45) is 5.92 Å². The minimum Gasteiger partial charge on any atom is -0.375 e. The van der Waals surface area contributed by atoms with E-state index in [-0.39, 0.29) is 24.0 Å². The highest BCUT2D eigenvalue weighted by Crippen LogP contribution is 2.35. The molecule has 1 saturated heterocycles. The summed E-state index contributed by atoms with van der Waals surface area (Å²) in [7, 11) is 1.56. The average molecular weight is 422 g/mol. The monoisotopic (exact) mass is 421 g/mol. The van der Waals surface area contributed by atoms with E-state index in [0.717, 1.165) is 50.2 Å². The van der Waals surface area contributed by atoms with Gasteiger partial charge in [-0.3, -0.25) is 14.5 Å². The van der Waals surface area contributed by atoms with E-state index < -0.39 is 0 Å². The molecule has 3 aliphatic heterocycles. The van der Waals surface area contributed by atoms with Crippen LogP contribution in [-0.2, 0) is 35.6 Å². The van der Waals surface area contributed by atoms with Crippen LogP contribution in [0.25, 0.3) is 0 Å². The standard InChI is InChI=1S/C25H31N3O3/c1-31-17-24(29)27-12-18-11-22(16-27)23-9-8-21(25(30)28(23)13-18)15-26-10-4-7-19-5-2-3-6-20(19)14-26/h2-3,5-6,8-9,18,22H,4,7,10-17H2,1H3/t18-,22+/m0/s1. The number of aryl methyl sites for hydroxylation is 1. The van der Waals surface area contributed by atoms with Crippen LogP contribution in [0.1, 0.15) is 41.1 Å². The first kappa shape index (κ1) is 20.5. The molecular weight excluding hydrogens is 390 g/mol. The number of pyridine rings is 1. The Morgan fingerprint density at radius 3 is 2.77 bits per heavy atom. The van der Waals surface area contributed by atoms with Crippen LogP contribution in [0.4, 0.5) is 0 Å². The van der Waals surface area contributed by atoms with Crippen LogP contribution in [0.15, 0.2) is 41.2 Å². The molecule has 164 valence electrons. The van der Waals surface area contributed by atoms with Crippen molar-refractivity contribution in [2.75, 3.05) is 33.4 Å². The topological polar surface area (TPSA) is 54.8 Å². The Kier molecular flexibility index (Phi) is 5.67. The molecule has 5 rings (SSSR count). The van der Waals surface area contributed by atoms with E-state index in [1.165, 1.54) is 11.1 Å². The van der Waals surface area contributed by atoms with Crippen molar-refractivity contribution >= 4 is 5.91 Å². The SMILES string of the molecule is COCC(=O)N1C[C@@H]2C[C@H](C1)c1ccc(CN3CCCc4ccccc4C3)c(=O)n1C2. The first-order valence-electron chi connectivity index (χ1n) is 11.4. The maximum absolute atomic E-state index is 13.4. The molecule has 1 aromatic carbocycles. The Morgan fingerprint density at radius 2 is 1.94 bits per heavy atom. The molecule has 2 bridgehead atoms. The fourth-order valence-corrected chi connectivity index (χ4v) is 5.67. The van der Waals surface area contributed by atoms with Gasteiger partial charge in [0.2, 0.25) is 5.91 Å². The summed E-state index contributed by atoms with van der Waals surface area (Å²) in [5.74, 6) is 0.622. The maximum Gasteiger partial charge on any atom is 0.255 e. The Hall–Kier alpha value is -2.44. The summed E-state index contributed by atoms with van der Waals surface area (Å²) >= 11 is 0. The fraction of sp³-hybridized carbons (Fsp3) is 0.520. The second-order valence-electron chi connectivity index (χ2n) is 9.31. The van der Waals surface area contributed by atoms with Crippen molar-refractivity contribution in [2.45, 2.75) is 44.8 Å². The molecule has 4 heterocycles. The van der Waals surface area contributed by atoms with E-state index in [1.807, 2.05) is 15.5 Å². The van der Waals surface area contributed by atoms with Gasteiger partial charge in [0.05, 0.1) is 0 Å². The van der Waals surface area contributed by atoms with E-state index in [2.05, 4.69) is 35.2 Å². The lowest BCUT2D eigenvalue weighted by atomic mass is 9.83. The number of likely N-dealkylation sites (tertiary alicyclic amines) is 1. The summed E-state index contributed by atoms with van der Waals surface area (Å²) in [6.45, 7) is 4.85. The molecule has 1 fully saturated rings. The van der Waals surface area contributed by atoms with E-state index in [0.29, 0.717) is 25.6 Å². The lowest BCUT2D eigenvalue weighted by molar-refractivity contribution is -0.137. The van der Waals surface area contributed by atoms with Crippen molar-refractivity contribution < 1.29 is 9.53 Å². The zero-order valence-electron chi connectivity index (χ0n) is 18.3. The Bertz CT molecular complexity index is 1030. The summed E-state index contributed by atoms with van der Waals surface area (Å²) in [6, 6.07) is 12.8. The molecule has 6 heteroatoms. The number of benzene rings is 1. The highest BCUT2D eigenvalue weighted by atomic mass is 16.5. The molecule has 0 spiro atoms. The molecule has 0 aliphatic carbocycles. The first-order chi connectivity index (χ1) is 15.1. The number of hydrogen-bond donors (Lipinski definition) is 0. The van der Waals surface area contributed by atoms with Gasteiger partial charge in [0.25, 0.3) is 5.56 Å². The summed E-state index contributed by atoms with van der Waals surface area (Å²) in [6.07, 6.45) is 3.29. The lowest BCUT2D eigenvalue weighted by Gasteiger charge is -2.43. The Morgan fingerprint density at radius 1 is 1.10 bits per heavy atom. The number of aromatic nitrogens is 1. The number of rotatable bonds is 4. The van der Waals surface area contributed by atoms with Crippen molar-refractivity contribution in [1.29, 1.82) is 0 Å². The molecule has 1 aromatic heterocycles. The zero-order valence-corrected chi connectivity index (χ0v) is 18.3. The van der Waals surface area contributed by atoms with Crippen LogP contribution < -0.4 is 5.56 Å². The molecular formula is C25H31N3O3. The number of ether oxygens (including phenoxy) is 1. The number of nitrogens with zero attached hydrogens (tertiary/aromatic N) is 3. The quantitative estimate of drug-likeness (QED) is 0.761. The van der Waals surface area contributed by atoms with Gasteiger partial charge in [-0.05, 0) is 48.9 Å². The number of fused-ring (bicyclic) bond motifs is 5. The third-order valence-corrected chi connectivity index (χ3v) is 7.13. The van der Waals surface area contributed by atoms with Gasteiger partial charge in [-0.15, -0.1) is 0 Å². The van der Waals surface area contributed by atoms with Crippen molar-refractivity contribution in [3.05, 3.63) is 69.1 Å². The van der Waals surface area contributed by atoms with Crippen molar-refractivity contribution in [3.8, 4) is 0 Å². The molecule has 0 N–H and O–H groups in total. The van der Waals surface area contributed by atoms with Gasteiger partial charge in [0.1, 0.15) is 6.61 Å². The molecule has 2 aromatic rings. The zero-order chi connectivity index (χ0) is 21.4. The number of piperidine rings is 1. The van der Waals surface area contributed by atoms with Gasteiger partial charge < -0.3 is 14.2 Å². The smallest absolute Gasteiger partial charge is 0.255 e. The third kappa shape index (κ3) is 4.06. The van der Waals surface area contributed by atoms with E-state index in [9.17, 15) is 9.59 Å². The molecule has 0 radical (unpaired) electrons. The minimum absolute atomic E-state index is 0.0473. The van der Waals surface area contributed by atoms with Crippen LogP contribution in [0, 0.1) is 5.92 Å². The van der Waals surface area contributed by atoms with Crippen LogP contribution in [0.3, 0.4) is 0 Å². The minimum atomic E-state index is 0.0473. The number of carbonyl (C=O) groups excluding carboxylic acids is 1. The normalized spacial score (nSPS) is 23.1. The number of carbonyl (C=O) groups is 1. The molecule has 2 atom stereocenters. The first-order valence-corrected chi connectivity index (χ1v) is 11.4. The molecule has 31 heavy (non-hydrogen) atoms. The Labute approximate surface area is 183 Å². The second-order valence-corrected chi connectivity index (χ2v) is 9.31. The predicted molar refractivity (Wildman–Crippen MR) is 119 cm³/mol. The molecule has 6 nitrogen and oxygen atoms in total. The lowest BCUT2D eigenvalue weighted by Crippen LogP contribution is -2.50. The van der Waals surface area contributed by atoms with Crippen LogP contribution in [0.2, 0.25) is 0 Å². The van der Waals surface area contributed by atoms with Gasteiger partial charge >= 0.3 is 0 Å². The molecule has 0 unspecified atom stereocenters. The Balaban J connectivity index is 1.35. The summed E-state index contributed by atoms with van der Waals surface area (Å²) in [4.78, 5) is 30.1. The van der Waals surface area contributed by atoms with Gasteiger partial charge in [0, 0.05) is 57.0 Å².